The van der Waals surface area contributed by atoms with Crippen LogP contribution in [0.25, 0.3) is 0 Å². The Morgan fingerprint density at radius 2 is 1.38 bits per heavy atom. The molecule has 0 rings (SSSR count). The van der Waals surface area contributed by atoms with Gasteiger partial charge in [0.05, 0.1) is 0 Å². The molecule has 0 unspecified atom stereocenters. The van der Waals surface area contributed by atoms with Gasteiger partial charge in [-0.2, -0.15) is 5.26 Å². The van der Waals surface area contributed by atoms with Gasteiger partial charge in [-0.1, -0.05) is 0 Å². The van der Waals surface area contributed by atoms with Crippen LogP contribution in [0.4, 0.5) is 0 Å². The quantitative estimate of drug-likeness (QED) is 0.367. The summed E-state index contributed by atoms with van der Waals surface area (Å²) in [5.41, 5.74) is 0. The van der Waals surface area contributed by atoms with Gasteiger partial charge in [0, 0.05) is 17.8 Å². The smallest absolute Gasteiger partial charge is 0.165 e. The zero-order valence-electron chi connectivity index (χ0n) is 6.52. The molecule has 0 aromatic heterocycles. The van der Waals surface area contributed by atoms with Gasteiger partial charge in [0.25, 0.3) is 0 Å². The molecule has 0 aliphatic carbocycles. The van der Waals surface area contributed by atoms with Crippen LogP contribution in [0.15, 0.2) is 0 Å². The van der Waals surface area contributed by atoms with Crippen LogP contribution >= 0.6 is 0 Å². The van der Waals surface area contributed by atoms with E-state index in [9.17, 15) is 0 Å². The minimum atomic E-state index is 1.61. The van der Waals surface area contributed by atoms with E-state index in [4.69, 9.17) is 11.7 Å². The number of hydrogen-bond acceptors (Lipinski definition) is 1. The predicted molar refractivity (Wildman–Crippen MR) is 48.8 cm³/mol. The van der Waals surface area contributed by atoms with Crippen LogP contribution in [0, 0.1) is 77.5 Å². The van der Waals surface area contributed by atoms with Gasteiger partial charge in [-0.05, 0) is 17.8 Å². The van der Waals surface area contributed by atoms with E-state index in [2.05, 4.69) is 59.7 Å². The highest BCUT2D eigenvalue weighted by molar-refractivity contribution is 5.42. The van der Waals surface area contributed by atoms with Crippen LogP contribution < -0.4 is 0 Å². The third-order valence-corrected chi connectivity index (χ3v) is 0.628. The van der Waals surface area contributed by atoms with Crippen molar-refractivity contribution in [3.8, 4) is 65.8 Å². The van der Waals surface area contributed by atoms with Crippen LogP contribution in [-0.2, 0) is 0 Å². The Morgan fingerprint density at radius 3 is 1.92 bits per heavy atom. The van der Waals surface area contributed by atoms with Crippen LogP contribution in [0.2, 0.25) is 0 Å². The maximum Gasteiger partial charge on any atom is 0.349 e. The SMILES string of the molecule is C#CC#CC#CC#CC#C[C+]C#N. The summed E-state index contributed by atoms with van der Waals surface area (Å²) < 4.78 is 0. The molecule has 0 fully saturated rings. The summed E-state index contributed by atoms with van der Waals surface area (Å²) in [5, 5.41) is 7.99. The largest absolute Gasteiger partial charge is 0.349 e. The van der Waals surface area contributed by atoms with Crippen molar-refractivity contribution in [3.05, 3.63) is 6.42 Å². The fraction of sp³-hybridized carbons (Fsp3) is 0. The minimum Gasteiger partial charge on any atom is -0.165 e. The number of terminal acetylenes is 1. The van der Waals surface area contributed by atoms with E-state index in [1.807, 2.05) is 0 Å². The third-order valence-electron chi connectivity index (χ3n) is 0.628. The standard InChI is InChI=1S/C12HN/c1-2-3-4-5-6-7-8-9-10-11-12-13/h1H/q+1. The second-order valence-corrected chi connectivity index (χ2v) is 1.38. The Balaban J connectivity index is 4.03. The number of rotatable bonds is 0. The van der Waals surface area contributed by atoms with E-state index < -0.39 is 0 Å². The molecule has 0 aliphatic rings. The lowest BCUT2D eigenvalue weighted by molar-refractivity contribution is 1.52. The predicted octanol–water partition coefficient (Wildman–Crippen LogP) is 0.238. The molecule has 0 atom stereocenters. The van der Waals surface area contributed by atoms with Crippen molar-refractivity contribution in [2.24, 2.45) is 0 Å². The van der Waals surface area contributed by atoms with Gasteiger partial charge in [0.1, 0.15) is 5.92 Å². The number of nitrogens with zero attached hydrogens (tertiary/aromatic N) is 1. The lowest BCUT2D eigenvalue weighted by Gasteiger charge is -1.50. The molecule has 0 aromatic rings. The summed E-state index contributed by atoms with van der Waals surface area (Å²) in [6.45, 7) is 0. The molecular weight excluding hydrogens is 158 g/mol. The summed E-state index contributed by atoms with van der Waals surface area (Å²) in [5.74, 6) is 21.0. The molecule has 0 N–H and O–H groups in total. The van der Waals surface area contributed by atoms with Crippen molar-refractivity contribution in [1.29, 1.82) is 5.26 Å². The highest BCUT2D eigenvalue weighted by Gasteiger charge is 1.84. The topological polar surface area (TPSA) is 23.8 Å². The summed E-state index contributed by atoms with van der Waals surface area (Å²) in [4.78, 5) is 0. The molecule has 0 heterocycles. The molecule has 0 amide bonds. The maximum absolute atomic E-state index is 7.99. The third kappa shape index (κ3) is 9.16. The molecular formula is C12HN+. The Labute approximate surface area is 78.1 Å². The lowest BCUT2D eigenvalue weighted by Crippen LogP contribution is -1.58. The first-order valence-electron chi connectivity index (χ1n) is 3.01. The van der Waals surface area contributed by atoms with E-state index >= 15 is 0 Å². The molecule has 0 saturated heterocycles. The fourth-order valence-corrected chi connectivity index (χ4v) is 0.283. The van der Waals surface area contributed by atoms with Crippen molar-refractivity contribution in [2.75, 3.05) is 0 Å². The molecule has 0 saturated carbocycles. The average molecular weight is 159 g/mol. The number of hydrogen-bond donors (Lipinski definition) is 0. The second kappa shape index (κ2) is 9.16. The van der Waals surface area contributed by atoms with E-state index in [-0.39, 0.29) is 0 Å². The normalized spacial score (nSPS) is 3.85. The zero-order valence-corrected chi connectivity index (χ0v) is 6.52. The summed E-state index contributed by atoms with van der Waals surface area (Å²) in [6, 6.07) is 1.61. The van der Waals surface area contributed by atoms with Crippen LogP contribution in [-0.4, -0.2) is 0 Å². The maximum atomic E-state index is 7.99. The highest BCUT2D eigenvalue weighted by Crippen LogP contribution is 1.63. The highest BCUT2D eigenvalue weighted by atomic mass is 14.2. The minimum absolute atomic E-state index is 1.61. The van der Waals surface area contributed by atoms with Gasteiger partial charge < -0.3 is 0 Å². The monoisotopic (exact) mass is 159 g/mol. The van der Waals surface area contributed by atoms with E-state index in [1.165, 1.54) is 0 Å². The van der Waals surface area contributed by atoms with Crippen molar-refractivity contribution in [2.45, 2.75) is 0 Å². The molecule has 13 heavy (non-hydrogen) atoms. The molecule has 1 heteroatoms. The van der Waals surface area contributed by atoms with E-state index in [0.29, 0.717) is 0 Å². The molecule has 0 aromatic carbocycles. The van der Waals surface area contributed by atoms with Gasteiger partial charge >= 0.3 is 6.42 Å². The van der Waals surface area contributed by atoms with Crippen molar-refractivity contribution in [3.63, 3.8) is 0 Å². The summed E-state index contributed by atoms with van der Waals surface area (Å²) >= 11 is 0. The Bertz CT molecular complexity index is 479. The average Bonchev–Trinajstić information content (AvgIpc) is 2.16. The fourth-order valence-electron chi connectivity index (χ4n) is 0.283. The zero-order chi connectivity index (χ0) is 9.78. The Morgan fingerprint density at radius 1 is 0.846 bits per heavy atom. The van der Waals surface area contributed by atoms with Gasteiger partial charge in [0.15, 0.2) is 0 Å². The molecule has 0 bridgehead atoms. The molecule has 53 valence electrons. The van der Waals surface area contributed by atoms with Crippen molar-refractivity contribution in [1.82, 2.24) is 0 Å². The van der Waals surface area contributed by atoms with Gasteiger partial charge in [-0.3, -0.25) is 0 Å². The first kappa shape index (κ1) is 10.2. The first-order valence-corrected chi connectivity index (χ1v) is 3.01. The molecule has 0 aliphatic heterocycles. The molecule has 1 radical (unpaired) electrons. The second-order valence-electron chi connectivity index (χ2n) is 1.38. The van der Waals surface area contributed by atoms with E-state index in [0.717, 1.165) is 0 Å². The Kier molecular flexibility index (Phi) is 7.16. The lowest BCUT2D eigenvalue weighted by atomic mass is 10.4. The van der Waals surface area contributed by atoms with Crippen LogP contribution in [0.1, 0.15) is 0 Å². The van der Waals surface area contributed by atoms with Crippen LogP contribution in [0.5, 0.6) is 0 Å². The van der Waals surface area contributed by atoms with Gasteiger partial charge in [-0.25, -0.2) is 0 Å². The summed E-state index contributed by atoms with van der Waals surface area (Å²) in [6.07, 6.45) is 6.93. The van der Waals surface area contributed by atoms with Gasteiger partial charge in [0.2, 0.25) is 17.9 Å². The summed E-state index contributed by atoms with van der Waals surface area (Å²) in [7, 11) is 0. The van der Waals surface area contributed by atoms with Crippen molar-refractivity contribution < 1.29 is 0 Å². The first-order chi connectivity index (χ1) is 6.41. The molecule has 0 spiro atoms. The van der Waals surface area contributed by atoms with Gasteiger partial charge in [-0.15, -0.1) is 6.42 Å². The van der Waals surface area contributed by atoms with E-state index in [1.54, 1.807) is 6.07 Å². The van der Waals surface area contributed by atoms with Crippen molar-refractivity contribution >= 4 is 0 Å². The Hall–Kier alpha value is -2.84. The molecule has 1 nitrogen and oxygen atoms in total. The van der Waals surface area contributed by atoms with Crippen LogP contribution in [0.3, 0.4) is 0 Å². The number of nitriles is 1.